The fourth-order valence-electron chi connectivity index (χ4n) is 11.2. The number of amides is 1. The van der Waals surface area contributed by atoms with Crippen molar-refractivity contribution < 1.29 is 24.5 Å². The molecule has 2 atom stereocenters. The van der Waals surface area contributed by atoms with Crippen LogP contribution in [0.3, 0.4) is 0 Å². The van der Waals surface area contributed by atoms with E-state index in [-0.39, 0.29) is 18.5 Å². The van der Waals surface area contributed by atoms with Gasteiger partial charge in [0.15, 0.2) is 0 Å². The third-order valence-corrected chi connectivity index (χ3v) is 16.6. The lowest BCUT2D eigenvalue weighted by Gasteiger charge is -2.22. The number of aliphatic hydroxyl groups is 2. The molecular weight excluding hydrogens is 935 g/mol. The van der Waals surface area contributed by atoms with Crippen LogP contribution in [0.4, 0.5) is 0 Å². The Balaban J connectivity index is 3.33. The van der Waals surface area contributed by atoms with Gasteiger partial charge in [-0.3, -0.25) is 9.59 Å². The molecule has 0 aliphatic heterocycles. The van der Waals surface area contributed by atoms with Crippen LogP contribution in [0.1, 0.15) is 399 Å². The number of ether oxygens (including phenoxy) is 1. The molecule has 0 aromatic rings. The molecule has 0 fully saturated rings. The first kappa shape index (κ1) is 74.6. The molecule has 0 heterocycles. The van der Waals surface area contributed by atoms with E-state index in [2.05, 4.69) is 31.3 Å². The van der Waals surface area contributed by atoms with Crippen molar-refractivity contribution in [3.05, 3.63) is 12.2 Å². The van der Waals surface area contributed by atoms with Crippen LogP contribution >= 0.6 is 0 Å². The highest BCUT2D eigenvalue weighted by molar-refractivity contribution is 5.76. The third kappa shape index (κ3) is 61.8. The van der Waals surface area contributed by atoms with Crippen molar-refractivity contribution in [2.75, 3.05) is 13.2 Å². The van der Waals surface area contributed by atoms with Crippen molar-refractivity contribution in [3.63, 3.8) is 0 Å². The molecule has 2 unspecified atom stereocenters. The molecule has 0 aliphatic rings. The lowest BCUT2D eigenvalue weighted by atomic mass is 10.0. The predicted octanol–water partition coefficient (Wildman–Crippen LogP) is 22.4. The Kier molecular flexibility index (Phi) is 64.9. The topological polar surface area (TPSA) is 95.9 Å². The van der Waals surface area contributed by atoms with Gasteiger partial charge in [0.05, 0.1) is 25.4 Å². The highest BCUT2D eigenvalue weighted by Crippen LogP contribution is 2.19. The first-order valence-corrected chi connectivity index (χ1v) is 34.9. The summed E-state index contributed by atoms with van der Waals surface area (Å²) in [5.74, 6) is -0.0165. The van der Waals surface area contributed by atoms with Crippen molar-refractivity contribution in [3.8, 4) is 0 Å². The van der Waals surface area contributed by atoms with Crippen LogP contribution in [0.2, 0.25) is 0 Å². The maximum atomic E-state index is 12.5. The molecule has 0 saturated heterocycles. The second-order valence-electron chi connectivity index (χ2n) is 24.2. The molecule has 0 spiro atoms. The van der Waals surface area contributed by atoms with E-state index in [9.17, 15) is 19.8 Å². The van der Waals surface area contributed by atoms with E-state index in [0.717, 1.165) is 44.9 Å². The van der Waals surface area contributed by atoms with Gasteiger partial charge in [0, 0.05) is 12.8 Å². The molecule has 0 rings (SSSR count). The van der Waals surface area contributed by atoms with E-state index in [1.807, 2.05) is 0 Å². The summed E-state index contributed by atoms with van der Waals surface area (Å²) in [7, 11) is 0. The third-order valence-electron chi connectivity index (χ3n) is 16.6. The zero-order chi connectivity index (χ0) is 55.0. The first-order valence-electron chi connectivity index (χ1n) is 34.9. The number of hydrogen-bond donors (Lipinski definition) is 3. The summed E-state index contributed by atoms with van der Waals surface area (Å²) in [6, 6.07) is -0.538. The summed E-state index contributed by atoms with van der Waals surface area (Å²) >= 11 is 0. The Morgan fingerprint density at radius 1 is 0.355 bits per heavy atom. The first-order chi connectivity index (χ1) is 37.5. The minimum atomic E-state index is -0.661. The van der Waals surface area contributed by atoms with Crippen molar-refractivity contribution in [2.24, 2.45) is 0 Å². The number of carbonyl (C=O) groups is 2. The van der Waals surface area contributed by atoms with Crippen LogP contribution in [0.15, 0.2) is 12.2 Å². The van der Waals surface area contributed by atoms with Gasteiger partial charge in [-0.1, -0.05) is 347 Å². The molecule has 0 bridgehead atoms. The summed E-state index contributed by atoms with van der Waals surface area (Å²) in [5.41, 5.74) is 0. The van der Waals surface area contributed by atoms with Crippen molar-refractivity contribution in [1.82, 2.24) is 5.32 Å². The molecule has 76 heavy (non-hydrogen) atoms. The summed E-state index contributed by atoms with van der Waals surface area (Å²) in [6.45, 7) is 4.98. The van der Waals surface area contributed by atoms with E-state index in [0.29, 0.717) is 25.9 Å². The average molecular weight is 1070 g/mol. The van der Waals surface area contributed by atoms with Gasteiger partial charge in [0.2, 0.25) is 5.91 Å². The Morgan fingerprint density at radius 3 is 0.934 bits per heavy atom. The van der Waals surface area contributed by atoms with Crippen molar-refractivity contribution >= 4 is 11.9 Å². The fourth-order valence-corrected chi connectivity index (χ4v) is 11.2. The van der Waals surface area contributed by atoms with Crippen molar-refractivity contribution in [2.45, 2.75) is 411 Å². The molecule has 6 nitrogen and oxygen atoms in total. The molecule has 0 aromatic carbocycles. The minimum Gasteiger partial charge on any atom is -0.466 e. The molecule has 3 N–H and O–H groups in total. The van der Waals surface area contributed by atoms with Crippen LogP contribution in [-0.2, 0) is 14.3 Å². The van der Waals surface area contributed by atoms with Gasteiger partial charge in [-0.25, -0.2) is 0 Å². The molecule has 0 aliphatic carbocycles. The van der Waals surface area contributed by atoms with Gasteiger partial charge < -0.3 is 20.3 Å². The lowest BCUT2D eigenvalue weighted by molar-refractivity contribution is -0.143. The zero-order valence-corrected chi connectivity index (χ0v) is 51.8. The molecular formula is C70H137NO5. The summed E-state index contributed by atoms with van der Waals surface area (Å²) in [4.78, 5) is 24.6. The Bertz CT molecular complexity index is 1140. The molecule has 6 heteroatoms. The molecule has 452 valence electrons. The minimum absolute atomic E-state index is 0.0118. The van der Waals surface area contributed by atoms with Gasteiger partial charge in [0.25, 0.3) is 0 Å². The zero-order valence-electron chi connectivity index (χ0n) is 51.8. The standard InChI is InChI=1S/C70H137NO5/c1-3-5-7-9-11-13-15-17-19-35-38-42-46-50-54-58-62-68(73)67(66-72)71-69(74)63-59-55-51-47-43-39-36-32-30-28-26-24-22-20-21-23-25-27-29-31-33-37-41-45-49-53-57-61-65-76-70(75)64-60-56-52-48-44-40-34-18-16-14-12-10-8-6-4-2/h18,34,67-68,72-73H,3-17,19-33,35-66H2,1-2H3,(H,71,74)/b34-18-. The molecule has 1 amide bonds. The Morgan fingerprint density at radius 2 is 0.618 bits per heavy atom. The number of nitrogens with one attached hydrogen (secondary N) is 1. The second kappa shape index (κ2) is 66.1. The summed E-state index contributed by atoms with van der Waals surface area (Å²) < 4.78 is 5.49. The smallest absolute Gasteiger partial charge is 0.305 e. The van der Waals surface area contributed by atoms with Crippen molar-refractivity contribution in [1.29, 1.82) is 0 Å². The fraction of sp³-hybridized carbons (Fsp3) is 0.943. The number of rotatable bonds is 66. The van der Waals surface area contributed by atoms with Gasteiger partial charge in [-0.2, -0.15) is 0 Å². The highest BCUT2D eigenvalue weighted by Gasteiger charge is 2.20. The van der Waals surface area contributed by atoms with Crippen LogP contribution in [0.5, 0.6) is 0 Å². The highest BCUT2D eigenvalue weighted by atomic mass is 16.5. The maximum absolute atomic E-state index is 12.5. The maximum Gasteiger partial charge on any atom is 0.305 e. The normalized spacial score (nSPS) is 12.5. The number of unbranched alkanes of at least 4 members (excludes halogenated alkanes) is 53. The van der Waals surface area contributed by atoms with E-state index in [4.69, 9.17) is 4.74 Å². The van der Waals surface area contributed by atoms with E-state index < -0.39 is 12.1 Å². The lowest BCUT2D eigenvalue weighted by Crippen LogP contribution is -2.45. The number of allylic oxidation sites excluding steroid dienone is 2. The summed E-state index contributed by atoms with van der Waals surface area (Å²) in [5, 5.41) is 23.4. The largest absolute Gasteiger partial charge is 0.466 e. The average Bonchev–Trinajstić information content (AvgIpc) is 3.42. The molecule has 0 aromatic heterocycles. The van der Waals surface area contributed by atoms with Gasteiger partial charge in [0.1, 0.15) is 0 Å². The van der Waals surface area contributed by atoms with Crippen LogP contribution in [-0.4, -0.2) is 47.4 Å². The van der Waals surface area contributed by atoms with Crippen LogP contribution < -0.4 is 5.32 Å². The van der Waals surface area contributed by atoms with Gasteiger partial charge >= 0.3 is 5.97 Å². The van der Waals surface area contributed by atoms with Gasteiger partial charge in [-0.15, -0.1) is 0 Å². The SMILES string of the molecule is CCCCCCCC/C=C\CCCCCCCC(=O)OCCCCCCCCCCCCCCCCCCCCCCCCCCCCCCC(=O)NC(CO)C(O)CCCCCCCCCCCCCCCCCC. The number of hydrogen-bond acceptors (Lipinski definition) is 5. The van der Waals surface area contributed by atoms with Crippen LogP contribution in [0.25, 0.3) is 0 Å². The summed E-state index contributed by atoms with van der Waals surface area (Å²) in [6.07, 6.45) is 81.1. The molecule has 0 saturated carbocycles. The number of carbonyl (C=O) groups excluding carboxylic acids is 2. The monoisotopic (exact) mass is 1070 g/mol. The Hall–Kier alpha value is -1.40. The number of aliphatic hydroxyl groups excluding tert-OH is 2. The van der Waals surface area contributed by atoms with Crippen LogP contribution in [0, 0.1) is 0 Å². The quantitative estimate of drug-likeness (QED) is 0.0320. The van der Waals surface area contributed by atoms with E-state index >= 15 is 0 Å². The van der Waals surface area contributed by atoms with E-state index in [1.54, 1.807) is 0 Å². The molecule has 0 radical (unpaired) electrons. The second-order valence-corrected chi connectivity index (χ2v) is 24.2. The van der Waals surface area contributed by atoms with Gasteiger partial charge in [-0.05, 0) is 51.4 Å². The predicted molar refractivity (Wildman–Crippen MR) is 333 cm³/mol. The Labute approximate surface area is 476 Å². The van der Waals surface area contributed by atoms with E-state index in [1.165, 1.54) is 321 Å². The number of esters is 1.